The Morgan fingerprint density at radius 2 is 1.88 bits per heavy atom. The van der Waals surface area contributed by atoms with E-state index in [9.17, 15) is 5.11 Å². The lowest BCUT2D eigenvalue weighted by Crippen LogP contribution is -2.14. The van der Waals surface area contributed by atoms with Gasteiger partial charge in [0.1, 0.15) is 5.75 Å². The number of rotatable bonds is 3. The van der Waals surface area contributed by atoms with Crippen LogP contribution in [-0.2, 0) is 0 Å². The number of nitrogens with one attached hydrogen (secondary N) is 1. The van der Waals surface area contributed by atoms with Gasteiger partial charge >= 0.3 is 0 Å². The molecule has 17 heavy (non-hydrogen) atoms. The minimum atomic E-state index is 0.343. The summed E-state index contributed by atoms with van der Waals surface area (Å²) in [6.07, 6.45) is 4.43. The number of nitrogens with zero attached hydrogens (tertiary/aromatic N) is 1. The van der Waals surface area contributed by atoms with Gasteiger partial charge in [0.15, 0.2) is 0 Å². The Morgan fingerprint density at radius 3 is 2.47 bits per heavy atom. The van der Waals surface area contributed by atoms with E-state index < -0.39 is 0 Å². The van der Waals surface area contributed by atoms with E-state index in [4.69, 9.17) is 0 Å². The number of phenolic OH excluding ortho intramolecular Hbond substituents is 1. The van der Waals surface area contributed by atoms with Gasteiger partial charge in [-0.3, -0.25) is 0 Å². The van der Waals surface area contributed by atoms with Crippen LogP contribution < -0.4 is 4.83 Å². The molecule has 2 rings (SSSR count). The first kappa shape index (κ1) is 13.0. The molecule has 1 fully saturated rings. The van der Waals surface area contributed by atoms with Crippen LogP contribution in [0.1, 0.15) is 37.2 Å². The maximum Gasteiger partial charge on any atom is 0.115 e. The fourth-order valence-corrected chi connectivity index (χ4v) is 2.68. The van der Waals surface area contributed by atoms with Crippen molar-refractivity contribution in [2.75, 3.05) is 0 Å². The average molecular weight is 362 g/mol. The van der Waals surface area contributed by atoms with Crippen LogP contribution in [0.3, 0.4) is 0 Å². The molecular weight excluding hydrogens is 347 g/mol. The van der Waals surface area contributed by atoms with Crippen molar-refractivity contribution in [3.63, 3.8) is 0 Å². The van der Waals surface area contributed by atoms with Crippen molar-refractivity contribution in [1.82, 2.24) is 4.83 Å². The molecule has 5 heteroatoms. The summed E-state index contributed by atoms with van der Waals surface area (Å²) in [6.45, 7) is 0. The van der Waals surface area contributed by atoms with Crippen molar-refractivity contribution in [3.05, 3.63) is 29.8 Å². The molecule has 1 saturated carbocycles. The molecule has 0 saturated heterocycles. The van der Waals surface area contributed by atoms with E-state index in [0.29, 0.717) is 11.7 Å². The molecule has 0 atom stereocenters. The Bertz CT molecular complexity index is 384. The van der Waals surface area contributed by atoms with Crippen molar-refractivity contribution in [2.24, 2.45) is 5.10 Å². The first-order valence-electron chi connectivity index (χ1n) is 5.66. The summed E-state index contributed by atoms with van der Waals surface area (Å²) in [5, 5.41) is 13.6. The quantitative estimate of drug-likeness (QED) is 0.486. The van der Waals surface area contributed by atoms with Crippen LogP contribution >= 0.6 is 30.3 Å². The molecule has 0 aliphatic heterocycles. The van der Waals surface area contributed by atoms with Gasteiger partial charge in [-0.1, -0.05) is 12.1 Å². The van der Waals surface area contributed by atoms with Crippen LogP contribution in [0.5, 0.6) is 5.75 Å². The van der Waals surface area contributed by atoms with E-state index in [-0.39, 0.29) is 0 Å². The summed E-state index contributed by atoms with van der Waals surface area (Å²) in [5.41, 5.74) is 2.60. The number of hydrazone groups is 1. The highest BCUT2D eigenvalue weighted by molar-refractivity contribution is 14.2. The SMILES string of the molecule is Oc1ccc(C2CCC(=NNSI)CC2)cc1. The first-order chi connectivity index (χ1) is 8.29. The fraction of sp³-hybridized carbons (Fsp3) is 0.417. The van der Waals surface area contributed by atoms with Crippen molar-refractivity contribution in [1.29, 1.82) is 0 Å². The zero-order valence-corrected chi connectivity index (χ0v) is 12.4. The van der Waals surface area contributed by atoms with Gasteiger partial charge in [0.25, 0.3) is 0 Å². The van der Waals surface area contributed by atoms with Crippen LogP contribution in [-0.4, -0.2) is 10.8 Å². The smallest absolute Gasteiger partial charge is 0.115 e. The number of halogens is 1. The summed E-state index contributed by atoms with van der Waals surface area (Å²) in [5.74, 6) is 0.955. The van der Waals surface area contributed by atoms with E-state index in [1.54, 1.807) is 12.1 Å². The lowest BCUT2D eigenvalue weighted by atomic mass is 9.83. The molecule has 0 amide bonds. The van der Waals surface area contributed by atoms with Crippen LogP contribution in [0, 0.1) is 0 Å². The number of phenols is 1. The zero-order valence-electron chi connectivity index (χ0n) is 9.40. The van der Waals surface area contributed by atoms with Gasteiger partial charge in [0.05, 0.1) is 0 Å². The highest BCUT2D eigenvalue weighted by Crippen LogP contribution is 2.32. The van der Waals surface area contributed by atoms with Crippen molar-refractivity contribution < 1.29 is 5.11 Å². The summed E-state index contributed by atoms with van der Waals surface area (Å²) in [4.78, 5) is 2.94. The molecule has 1 aliphatic carbocycles. The molecule has 1 aliphatic rings. The molecule has 0 bridgehead atoms. The Morgan fingerprint density at radius 1 is 1.24 bits per heavy atom. The second-order valence-electron chi connectivity index (χ2n) is 4.21. The maximum atomic E-state index is 9.26. The maximum absolute atomic E-state index is 9.26. The van der Waals surface area contributed by atoms with Crippen LogP contribution in [0.2, 0.25) is 0 Å². The predicted molar refractivity (Wildman–Crippen MR) is 81.5 cm³/mol. The number of hydrogen-bond donors (Lipinski definition) is 2. The van der Waals surface area contributed by atoms with Crippen molar-refractivity contribution in [3.8, 4) is 5.75 Å². The van der Waals surface area contributed by atoms with Crippen LogP contribution in [0.4, 0.5) is 0 Å². The molecule has 92 valence electrons. The van der Waals surface area contributed by atoms with Gasteiger partial charge in [-0.25, -0.2) is 4.83 Å². The molecule has 2 N–H and O–H groups in total. The second-order valence-corrected chi connectivity index (χ2v) is 5.87. The van der Waals surface area contributed by atoms with E-state index >= 15 is 0 Å². The number of aromatic hydroxyl groups is 1. The largest absolute Gasteiger partial charge is 0.508 e. The van der Waals surface area contributed by atoms with Gasteiger partial charge < -0.3 is 5.11 Å². The summed E-state index contributed by atoms with van der Waals surface area (Å²) < 4.78 is 0. The molecule has 0 unspecified atom stereocenters. The third kappa shape index (κ3) is 3.77. The van der Waals surface area contributed by atoms with Gasteiger partial charge in [0, 0.05) is 36.0 Å². The Hall–Kier alpha value is -0.430. The topological polar surface area (TPSA) is 44.6 Å². The number of hydrogen-bond acceptors (Lipinski definition) is 4. The Balaban J connectivity index is 1.92. The Labute approximate surface area is 118 Å². The van der Waals surface area contributed by atoms with Gasteiger partial charge in [0.2, 0.25) is 0 Å². The molecule has 1 aromatic carbocycles. The minimum absolute atomic E-state index is 0.343. The third-order valence-corrected chi connectivity index (χ3v) is 3.92. The third-order valence-electron chi connectivity index (χ3n) is 3.17. The Kier molecular flexibility index (Phi) is 4.97. The first-order valence-corrected chi connectivity index (χ1v) is 9.02. The molecule has 0 heterocycles. The van der Waals surface area contributed by atoms with E-state index in [1.165, 1.54) is 20.4 Å². The molecule has 0 aromatic heterocycles. The van der Waals surface area contributed by atoms with Crippen LogP contribution in [0.15, 0.2) is 29.4 Å². The van der Waals surface area contributed by atoms with Crippen LogP contribution in [0.25, 0.3) is 0 Å². The normalized spacial score (nSPS) is 20.1. The summed E-state index contributed by atoms with van der Waals surface area (Å²) in [6, 6.07) is 7.60. The van der Waals surface area contributed by atoms with E-state index in [1.807, 2.05) is 12.1 Å². The van der Waals surface area contributed by atoms with Crippen molar-refractivity contribution in [2.45, 2.75) is 31.6 Å². The van der Waals surface area contributed by atoms with Gasteiger partial charge in [-0.15, -0.1) is 0 Å². The van der Waals surface area contributed by atoms with Gasteiger partial charge in [-0.05, 0) is 49.3 Å². The fourth-order valence-electron chi connectivity index (χ4n) is 2.22. The lowest BCUT2D eigenvalue weighted by molar-refractivity contribution is 0.474. The monoisotopic (exact) mass is 362 g/mol. The number of benzene rings is 1. The molecule has 1 aromatic rings. The molecular formula is C12H15IN2OS. The standard InChI is InChI=1S/C12H15IN2OS/c13-17-15-14-11-5-1-9(2-6-11)10-3-7-12(16)8-4-10/h3-4,7-9,15-16H,1-2,5-6H2. The van der Waals surface area contributed by atoms with Gasteiger partial charge in [-0.2, -0.15) is 5.10 Å². The molecule has 0 spiro atoms. The minimum Gasteiger partial charge on any atom is -0.508 e. The van der Waals surface area contributed by atoms with E-state index in [2.05, 4.69) is 31.1 Å². The summed E-state index contributed by atoms with van der Waals surface area (Å²) in [7, 11) is 1.50. The predicted octanol–water partition coefficient (Wildman–Crippen LogP) is 3.99. The molecule has 3 nitrogen and oxygen atoms in total. The highest BCUT2D eigenvalue weighted by Gasteiger charge is 2.19. The van der Waals surface area contributed by atoms with Crippen molar-refractivity contribution >= 4 is 36.0 Å². The zero-order chi connectivity index (χ0) is 12.1. The summed E-state index contributed by atoms with van der Waals surface area (Å²) >= 11 is 2.17. The lowest BCUT2D eigenvalue weighted by Gasteiger charge is -2.23. The molecule has 0 radical (unpaired) electrons. The average Bonchev–Trinajstić information content (AvgIpc) is 2.38. The van der Waals surface area contributed by atoms with E-state index in [0.717, 1.165) is 25.7 Å². The second kappa shape index (κ2) is 6.49. The highest BCUT2D eigenvalue weighted by atomic mass is 127.